The van der Waals surface area contributed by atoms with Gasteiger partial charge in [-0.05, 0) is 67.1 Å². The summed E-state index contributed by atoms with van der Waals surface area (Å²) in [4.78, 5) is 0. The van der Waals surface area contributed by atoms with Crippen LogP contribution >= 0.6 is 0 Å². The van der Waals surface area contributed by atoms with Crippen LogP contribution < -0.4 is 5.32 Å². The molecule has 0 radical (unpaired) electrons. The fraction of sp³-hybridized carbons (Fsp3) is 1.00. The van der Waals surface area contributed by atoms with Gasteiger partial charge in [-0.1, -0.05) is 27.7 Å². The normalized spacial score (nSPS) is 33.3. The van der Waals surface area contributed by atoms with E-state index in [4.69, 9.17) is 0 Å². The first-order chi connectivity index (χ1) is 8.30. The van der Waals surface area contributed by atoms with Crippen molar-refractivity contribution in [3.05, 3.63) is 0 Å². The molecule has 0 amide bonds. The maximum atomic E-state index is 3.96. The molecule has 1 N–H and O–H groups in total. The Kier molecular flexibility index (Phi) is 2.86. The highest BCUT2D eigenvalue weighted by Gasteiger charge is 2.53. The van der Waals surface area contributed by atoms with Crippen LogP contribution in [0.1, 0.15) is 72.6 Å². The van der Waals surface area contributed by atoms with Crippen molar-refractivity contribution in [2.45, 2.75) is 78.7 Å². The third-order valence-corrected chi connectivity index (χ3v) is 5.63. The fourth-order valence-corrected chi connectivity index (χ4v) is 4.92. The highest BCUT2D eigenvalue weighted by Crippen LogP contribution is 2.61. The van der Waals surface area contributed by atoms with Gasteiger partial charge in [-0.15, -0.1) is 0 Å². The van der Waals surface area contributed by atoms with Crippen molar-refractivity contribution in [3.8, 4) is 0 Å². The Hall–Kier alpha value is -0.0400. The zero-order chi connectivity index (χ0) is 13.0. The number of nitrogens with one attached hydrogen (secondary N) is 1. The summed E-state index contributed by atoms with van der Waals surface area (Å²) in [6.07, 6.45) is 10.2. The van der Waals surface area contributed by atoms with Crippen LogP contribution in [0.2, 0.25) is 0 Å². The Labute approximate surface area is 113 Å². The van der Waals surface area contributed by atoms with Gasteiger partial charge in [-0.2, -0.15) is 0 Å². The number of hydrogen-bond donors (Lipinski definition) is 1. The van der Waals surface area contributed by atoms with Crippen LogP contribution in [0.5, 0.6) is 0 Å². The average molecular weight is 249 g/mol. The van der Waals surface area contributed by atoms with Crippen molar-refractivity contribution < 1.29 is 0 Å². The summed E-state index contributed by atoms with van der Waals surface area (Å²) in [7, 11) is 0. The molecule has 3 fully saturated rings. The van der Waals surface area contributed by atoms with Gasteiger partial charge in [0.25, 0.3) is 0 Å². The Bertz CT molecular complexity index is 305. The number of rotatable bonds is 4. The van der Waals surface area contributed by atoms with Gasteiger partial charge in [0.15, 0.2) is 0 Å². The summed E-state index contributed by atoms with van der Waals surface area (Å²) in [5, 5.41) is 3.96. The van der Waals surface area contributed by atoms with E-state index in [1.165, 1.54) is 51.5 Å². The third kappa shape index (κ3) is 2.76. The Balaban J connectivity index is 1.55. The van der Waals surface area contributed by atoms with Crippen LogP contribution in [-0.2, 0) is 0 Å². The topological polar surface area (TPSA) is 12.0 Å². The summed E-state index contributed by atoms with van der Waals surface area (Å²) in [5.74, 6) is 1.09. The van der Waals surface area contributed by atoms with Crippen LogP contribution in [-0.4, -0.2) is 12.6 Å². The minimum Gasteiger partial charge on any atom is -0.313 e. The summed E-state index contributed by atoms with van der Waals surface area (Å²) >= 11 is 0. The molecule has 1 heteroatoms. The van der Waals surface area contributed by atoms with E-state index in [-0.39, 0.29) is 0 Å². The lowest BCUT2D eigenvalue weighted by atomic mass is 9.63. The van der Waals surface area contributed by atoms with Crippen LogP contribution in [0.25, 0.3) is 0 Å². The molecule has 0 aromatic carbocycles. The first-order valence-corrected chi connectivity index (χ1v) is 8.04. The van der Waals surface area contributed by atoms with Crippen LogP contribution in [0.4, 0.5) is 0 Å². The van der Waals surface area contributed by atoms with Crippen LogP contribution in [0.15, 0.2) is 0 Å². The van der Waals surface area contributed by atoms with Gasteiger partial charge < -0.3 is 5.32 Å². The zero-order valence-corrected chi connectivity index (χ0v) is 12.8. The molecule has 18 heavy (non-hydrogen) atoms. The highest BCUT2D eigenvalue weighted by atomic mass is 15.0. The molecule has 3 rings (SSSR count). The lowest BCUT2D eigenvalue weighted by Crippen LogP contribution is -2.45. The molecule has 0 heterocycles. The monoisotopic (exact) mass is 249 g/mol. The minimum atomic E-state index is 0.524. The highest BCUT2D eigenvalue weighted by molar-refractivity contribution is 5.06. The van der Waals surface area contributed by atoms with E-state index >= 15 is 0 Å². The summed E-state index contributed by atoms with van der Waals surface area (Å²) < 4.78 is 0. The van der Waals surface area contributed by atoms with E-state index in [0.717, 1.165) is 17.4 Å². The second kappa shape index (κ2) is 3.98. The summed E-state index contributed by atoms with van der Waals surface area (Å²) in [6, 6.07) is 0.764. The van der Waals surface area contributed by atoms with Gasteiger partial charge in [0.05, 0.1) is 0 Å². The second-order valence-corrected chi connectivity index (χ2v) is 9.13. The molecule has 0 saturated heterocycles. The molecule has 0 aliphatic heterocycles. The maximum absolute atomic E-state index is 3.96. The molecule has 0 atom stereocenters. The molecular formula is C17H31N. The van der Waals surface area contributed by atoms with Crippen molar-refractivity contribution in [1.82, 2.24) is 5.32 Å². The predicted molar refractivity (Wildman–Crippen MR) is 77.6 cm³/mol. The molecule has 0 unspecified atom stereocenters. The van der Waals surface area contributed by atoms with Crippen molar-refractivity contribution in [2.24, 2.45) is 22.2 Å². The SMILES string of the molecule is CC1(C)CC(NCC2(C3CC3)CC2)CC(C)(C)C1. The van der Waals surface area contributed by atoms with E-state index in [9.17, 15) is 0 Å². The molecule has 104 valence electrons. The molecule has 1 nitrogen and oxygen atoms in total. The van der Waals surface area contributed by atoms with E-state index < -0.39 is 0 Å². The van der Waals surface area contributed by atoms with Crippen molar-refractivity contribution in [2.75, 3.05) is 6.54 Å². The quantitative estimate of drug-likeness (QED) is 0.780. The van der Waals surface area contributed by atoms with Gasteiger partial charge in [0, 0.05) is 12.6 Å². The van der Waals surface area contributed by atoms with Gasteiger partial charge in [-0.3, -0.25) is 0 Å². The summed E-state index contributed by atoms with van der Waals surface area (Å²) in [5.41, 5.74) is 1.80. The zero-order valence-electron chi connectivity index (χ0n) is 12.8. The lowest BCUT2D eigenvalue weighted by molar-refractivity contribution is 0.0821. The molecule has 3 aliphatic rings. The Morgan fingerprint density at radius 1 is 0.944 bits per heavy atom. The van der Waals surface area contributed by atoms with Crippen molar-refractivity contribution in [3.63, 3.8) is 0 Å². The first kappa shape index (κ1) is 13.0. The summed E-state index contributed by atoms with van der Waals surface area (Å²) in [6.45, 7) is 11.1. The molecule has 3 saturated carbocycles. The van der Waals surface area contributed by atoms with E-state index in [0.29, 0.717) is 10.8 Å². The van der Waals surface area contributed by atoms with Crippen molar-refractivity contribution >= 4 is 0 Å². The molecule has 0 aromatic heterocycles. The fourth-order valence-electron chi connectivity index (χ4n) is 4.92. The standard InChI is InChI=1S/C17H31N/c1-15(2)9-14(10-16(3,4)11-15)18-12-17(7-8-17)13-5-6-13/h13-14,18H,5-12H2,1-4H3. The van der Waals surface area contributed by atoms with Crippen LogP contribution in [0, 0.1) is 22.2 Å². The largest absolute Gasteiger partial charge is 0.313 e. The Morgan fingerprint density at radius 2 is 1.50 bits per heavy atom. The molecule has 0 aromatic rings. The van der Waals surface area contributed by atoms with Gasteiger partial charge in [0.2, 0.25) is 0 Å². The molecule has 0 spiro atoms. The Morgan fingerprint density at radius 3 is 1.94 bits per heavy atom. The molecular weight excluding hydrogens is 218 g/mol. The maximum Gasteiger partial charge on any atom is 0.00774 e. The van der Waals surface area contributed by atoms with Gasteiger partial charge >= 0.3 is 0 Å². The molecule has 3 aliphatic carbocycles. The van der Waals surface area contributed by atoms with Crippen LogP contribution in [0.3, 0.4) is 0 Å². The van der Waals surface area contributed by atoms with Crippen molar-refractivity contribution in [1.29, 1.82) is 0 Å². The number of hydrogen-bond acceptors (Lipinski definition) is 1. The van der Waals surface area contributed by atoms with E-state index in [1.54, 1.807) is 0 Å². The smallest absolute Gasteiger partial charge is 0.00774 e. The van der Waals surface area contributed by atoms with E-state index in [2.05, 4.69) is 33.0 Å². The third-order valence-electron chi connectivity index (χ3n) is 5.63. The molecule has 0 bridgehead atoms. The first-order valence-electron chi connectivity index (χ1n) is 8.04. The van der Waals surface area contributed by atoms with Gasteiger partial charge in [-0.25, -0.2) is 0 Å². The van der Waals surface area contributed by atoms with Gasteiger partial charge in [0.1, 0.15) is 0 Å². The lowest BCUT2D eigenvalue weighted by Gasteiger charge is -2.45. The second-order valence-electron chi connectivity index (χ2n) is 9.13. The minimum absolute atomic E-state index is 0.524. The average Bonchev–Trinajstić information content (AvgIpc) is 3.04. The van der Waals surface area contributed by atoms with E-state index in [1.807, 2.05) is 0 Å². The predicted octanol–water partition coefficient (Wildman–Crippen LogP) is 4.37.